The summed E-state index contributed by atoms with van der Waals surface area (Å²) in [6.07, 6.45) is 2.33. The molecule has 18 heavy (non-hydrogen) atoms. The van der Waals surface area contributed by atoms with Crippen molar-refractivity contribution < 1.29 is 19.9 Å². The van der Waals surface area contributed by atoms with Gasteiger partial charge in [0.25, 0.3) is 5.05 Å². The molecule has 0 fully saturated rings. The van der Waals surface area contributed by atoms with E-state index in [0.29, 0.717) is 12.1 Å². The van der Waals surface area contributed by atoms with Gasteiger partial charge in [-0.3, -0.25) is 0 Å². The number of rotatable bonds is 5. The lowest BCUT2D eigenvalue weighted by atomic mass is 10.2. The third kappa shape index (κ3) is 3.01. The number of hydrogen-bond donors (Lipinski definition) is 3. The van der Waals surface area contributed by atoms with E-state index in [1.165, 1.54) is 0 Å². The maximum atomic E-state index is 11.4. The number of unbranched alkanes of at least 4 members (excludes halogenated alkanes) is 1. The molecule has 1 heterocycles. The van der Waals surface area contributed by atoms with Gasteiger partial charge in [0.05, 0.1) is 0 Å². The fourth-order valence-corrected chi connectivity index (χ4v) is 2.14. The Morgan fingerprint density at radius 2 is 1.89 bits per heavy atom. The zero-order valence-electron chi connectivity index (χ0n) is 9.60. The van der Waals surface area contributed by atoms with Gasteiger partial charge in [-0.15, -0.1) is 0 Å². The maximum Gasteiger partial charge on any atom is 0.339 e. The molecule has 8 heteroatoms. The summed E-state index contributed by atoms with van der Waals surface area (Å²) >= 11 is 13.9. The Bertz CT molecular complexity index is 511. The standard InChI is InChI=1S/C10H12N2O3S3/c1-2-3-4-5-6(8(13)16)12(10(15)18)7(11-5)9(14)17/h2-4H2,1H3,(H3,13,14,15,16,17,18). The predicted octanol–water partition coefficient (Wildman–Crippen LogP) is 0.605. The van der Waals surface area contributed by atoms with Crippen molar-refractivity contribution in [1.82, 2.24) is 4.98 Å². The number of nitrogens with one attached hydrogen (secondary N) is 1. The number of aryl methyl sites for hydroxylation is 1. The second kappa shape index (κ2) is 6.17. The third-order valence-corrected chi connectivity index (χ3v) is 2.94. The minimum Gasteiger partial charge on any atom is -0.833 e. The van der Waals surface area contributed by atoms with Crippen LogP contribution in [0.1, 0.15) is 37.0 Å². The summed E-state index contributed by atoms with van der Waals surface area (Å²) in [6, 6.07) is 0. The van der Waals surface area contributed by atoms with Crippen LogP contribution in [0.15, 0.2) is 0 Å². The predicted molar refractivity (Wildman–Crippen MR) is 76.3 cm³/mol. The van der Waals surface area contributed by atoms with E-state index in [2.05, 4.69) is 29.4 Å². The normalized spacial score (nSPS) is 10.3. The molecular weight excluding hydrogens is 292 g/mol. The molecule has 0 spiro atoms. The summed E-state index contributed by atoms with van der Waals surface area (Å²) in [5.74, 6) is -0.0255. The molecule has 0 radical (unpaired) electrons. The third-order valence-electron chi connectivity index (χ3n) is 2.37. The Labute approximate surface area is 120 Å². The van der Waals surface area contributed by atoms with Crippen LogP contribution < -0.4 is 9.67 Å². The number of imidazole rings is 1. The van der Waals surface area contributed by atoms with E-state index in [1.807, 2.05) is 6.92 Å². The van der Waals surface area contributed by atoms with Crippen LogP contribution in [0, 0.1) is 0 Å². The van der Waals surface area contributed by atoms with Gasteiger partial charge in [-0.2, -0.15) is 4.57 Å². The quantitative estimate of drug-likeness (QED) is 0.546. The summed E-state index contributed by atoms with van der Waals surface area (Å²) in [4.78, 5) is 2.78. The molecule has 5 nitrogen and oxygen atoms in total. The summed E-state index contributed by atoms with van der Waals surface area (Å²) in [6.45, 7) is 2.00. The van der Waals surface area contributed by atoms with Gasteiger partial charge in [0, 0.05) is 6.42 Å². The number of thiocarbonyl (C=S) groups is 3. The van der Waals surface area contributed by atoms with Gasteiger partial charge < -0.3 is 15.3 Å². The molecule has 1 aromatic rings. The van der Waals surface area contributed by atoms with Crippen LogP contribution in [0.4, 0.5) is 0 Å². The van der Waals surface area contributed by atoms with Gasteiger partial charge in [-0.25, -0.2) is 4.98 Å². The van der Waals surface area contributed by atoms with Gasteiger partial charge in [-0.1, -0.05) is 13.3 Å². The summed E-state index contributed by atoms with van der Waals surface area (Å²) in [7, 11) is 0. The molecule has 0 aliphatic rings. The van der Waals surface area contributed by atoms with E-state index in [9.17, 15) is 15.3 Å². The smallest absolute Gasteiger partial charge is 0.339 e. The Morgan fingerprint density at radius 3 is 2.28 bits per heavy atom. The fourth-order valence-electron chi connectivity index (χ4n) is 1.60. The molecule has 0 atom stereocenters. The number of hydrogen-bond acceptors (Lipinski definition) is 4. The van der Waals surface area contributed by atoms with Gasteiger partial charge in [0.15, 0.2) is 5.69 Å². The van der Waals surface area contributed by atoms with Crippen LogP contribution >= 0.6 is 36.7 Å². The highest BCUT2D eigenvalue weighted by molar-refractivity contribution is 7.80. The number of aromatic nitrogens is 2. The molecule has 98 valence electrons. The largest absolute Gasteiger partial charge is 0.833 e. The molecule has 3 N–H and O–H groups in total. The minimum absolute atomic E-state index is 0.0255. The topological polar surface area (TPSA) is 83.2 Å². The van der Waals surface area contributed by atoms with E-state index in [-0.39, 0.29) is 11.5 Å². The number of aromatic amines is 1. The van der Waals surface area contributed by atoms with Crippen molar-refractivity contribution in [3.8, 4) is 0 Å². The van der Waals surface area contributed by atoms with Crippen molar-refractivity contribution in [2.24, 2.45) is 0 Å². The Morgan fingerprint density at radius 1 is 1.28 bits per heavy atom. The lowest BCUT2D eigenvalue weighted by Gasteiger charge is -2.06. The highest BCUT2D eigenvalue weighted by Crippen LogP contribution is 2.10. The highest BCUT2D eigenvalue weighted by atomic mass is 32.1. The van der Waals surface area contributed by atoms with Crippen LogP contribution in [0.5, 0.6) is 0 Å². The second-order valence-electron chi connectivity index (χ2n) is 3.62. The van der Waals surface area contributed by atoms with Gasteiger partial charge in [0.1, 0.15) is 5.17 Å². The molecule has 0 aliphatic heterocycles. The first kappa shape index (κ1) is 14.9. The lowest BCUT2D eigenvalue weighted by Crippen LogP contribution is -2.55. The fraction of sp³-hybridized carbons (Fsp3) is 0.400. The first-order valence-electron chi connectivity index (χ1n) is 5.25. The van der Waals surface area contributed by atoms with Crippen molar-refractivity contribution in [2.75, 3.05) is 0 Å². The first-order valence-corrected chi connectivity index (χ1v) is 6.47. The maximum absolute atomic E-state index is 11.4. The summed E-state index contributed by atoms with van der Waals surface area (Å²) < 4.78 is 0.922. The van der Waals surface area contributed by atoms with Crippen molar-refractivity contribution in [2.45, 2.75) is 26.2 Å². The number of nitrogens with zero attached hydrogens (tertiary/aromatic N) is 1. The highest BCUT2D eigenvalue weighted by Gasteiger charge is 2.29. The number of aliphatic hydroxyl groups excluding tert-OH is 2. The van der Waals surface area contributed by atoms with Gasteiger partial charge >= 0.3 is 5.82 Å². The van der Waals surface area contributed by atoms with Gasteiger partial charge in [-0.05, 0) is 43.1 Å². The molecule has 0 amide bonds. The second-order valence-corrected chi connectivity index (χ2v) is 4.74. The van der Waals surface area contributed by atoms with Crippen molar-refractivity contribution in [1.29, 1.82) is 0 Å². The van der Waals surface area contributed by atoms with Crippen molar-refractivity contribution in [3.63, 3.8) is 0 Å². The van der Waals surface area contributed by atoms with Crippen LogP contribution in [-0.2, 0) is 6.42 Å². The van der Waals surface area contributed by atoms with Gasteiger partial charge in [0.2, 0.25) is 10.7 Å². The monoisotopic (exact) mass is 304 g/mol. The zero-order chi connectivity index (χ0) is 13.9. The molecule has 0 aromatic carbocycles. The average molecular weight is 304 g/mol. The van der Waals surface area contributed by atoms with E-state index in [1.54, 1.807) is 0 Å². The SMILES string of the molecule is CCCCc1[nH]c(C(O)=S)[n+](C([O-])=S)c1C(O)=S. The summed E-state index contributed by atoms with van der Waals surface area (Å²) in [5.41, 5.74) is 0.638. The average Bonchev–Trinajstić information content (AvgIpc) is 2.65. The lowest BCUT2D eigenvalue weighted by molar-refractivity contribution is -0.610. The Balaban J connectivity index is 3.43. The molecular formula is C10H12N2O3S3. The van der Waals surface area contributed by atoms with Crippen LogP contribution in [0.25, 0.3) is 0 Å². The Hall–Kier alpha value is -1.12. The Kier molecular flexibility index (Phi) is 5.12. The summed E-state index contributed by atoms with van der Waals surface area (Å²) in [5, 5.41) is 28.5. The van der Waals surface area contributed by atoms with Crippen LogP contribution in [-0.4, -0.2) is 30.5 Å². The molecule has 1 aromatic heterocycles. The minimum atomic E-state index is -0.799. The van der Waals surface area contributed by atoms with Crippen LogP contribution in [0.2, 0.25) is 0 Å². The molecule has 0 aliphatic carbocycles. The first-order chi connectivity index (χ1) is 8.40. The van der Waals surface area contributed by atoms with Crippen molar-refractivity contribution in [3.05, 3.63) is 17.2 Å². The van der Waals surface area contributed by atoms with Crippen LogP contribution in [0.3, 0.4) is 0 Å². The molecule has 0 saturated heterocycles. The van der Waals surface area contributed by atoms with E-state index in [4.69, 9.17) is 12.2 Å². The van der Waals surface area contributed by atoms with Crippen molar-refractivity contribution >= 4 is 51.9 Å². The van der Waals surface area contributed by atoms with E-state index >= 15 is 0 Å². The molecule has 1 rings (SSSR count). The molecule has 0 unspecified atom stereocenters. The molecule has 0 saturated carbocycles. The van der Waals surface area contributed by atoms with E-state index in [0.717, 1.165) is 17.4 Å². The van der Waals surface area contributed by atoms with E-state index < -0.39 is 15.3 Å². The number of aliphatic hydroxyl groups is 2. The zero-order valence-corrected chi connectivity index (χ0v) is 12.0. The number of H-pyrrole nitrogens is 1. The molecule has 0 bridgehead atoms.